The minimum atomic E-state index is 0.342. The Morgan fingerprint density at radius 1 is 0.263 bits per heavy atom. The van der Waals surface area contributed by atoms with Gasteiger partial charge >= 0.3 is 0 Å². The third kappa shape index (κ3) is 55.4. The Morgan fingerprint density at radius 2 is 0.491 bits per heavy atom. The normalized spacial score (nSPS) is 11.7. The van der Waals surface area contributed by atoms with Crippen LogP contribution in [0.4, 0.5) is 0 Å². The summed E-state index contributed by atoms with van der Waals surface area (Å²) in [5.41, 5.74) is 0. The van der Waals surface area contributed by atoms with E-state index in [-0.39, 0.29) is 0 Å². The SMILES string of the molecule is CCCCNCCCCNCCCCNCCCCCNCCCCCCCCCCCCCNCCCCCCCCCNCCCCOOOOOOOO. The topological polar surface area (TPSA) is 157 Å². The van der Waals surface area contributed by atoms with Gasteiger partial charge in [-0.1, -0.05) is 110 Å². The number of rotatable bonds is 54. The van der Waals surface area contributed by atoms with Crippen molar-refractivity contribution in [3.05, 3.63) is 0 Å². The van der Waals surface area contributed by atoms with Crippen LogP contribution < -0.4 is 31.9 Å². The average Bonchev–Trinajstić information content (AvgIpc) is 3.22. The lowest BCUT2D eigenvalue weighted by Gasteiger charge is -2.07. The molecule has 0 fully saturated rings. The van der Waals surface area contributed by atoms with E-state index in [0.717, 1.165) is 25.9 Å². The molecule has 0 aromatic rings. The van der Waals surface area contributed by atoms with E-state index in [4.69, 9.17) is 5.26 Å². The minimum absolute atomic E-state index is 0.342. The van der Waals surface area contributed by atoms with E-state index in [1.165, 1.54) is 239 Å². The Kier molecular flexibility index (Phi) is 54.9. The van der Waals surface area contributed by atoms with Crippen LogP contribution >= 0.6 is 0 Å². The van der Waals surface area contributed by atoms with Gasteiger partial charge in [-0.15, -0.1) is 0 Å². The van der Waals surface area contributed by atoms with E-state index in [1.54, 1.807) is 0 Å². The fourth-order valence-electron chi connectivity index (χ4n) is 6.71. The van der Waals surface area contributed by atoms with E-state index in [9.17, 15) is 0 Å². The molecule has 7 N–H and O–H groups in total. The van der Waals surface area contributed by atoms with Crippen LogP contribution in [-0.4, -0.2) is 90.4 Å². The van der Waals surface area contributed by atoms with Gasteiger partial charge in [0.2, 0.25) is 0 Å². The summed E-state index contributed by atoms with van der Waals surface area (Å²) < 4.78 is 0. The lowest BCUT2D eigenvalue weighted by Crippen LogP contribution is -2.22. The van der Waals surface area contributed by atoms with Crippen molar-refractivity contribution in [1.82, 2.24) is 31.9 Å². The molecule has 344 valence electrons. The third-order valence-electron chi connectivity index (χ3n) is 10.3. The largest absolute Gasteiger partial charge is 0.317 e. The fraction of sp³-hybridized carbons (Fsp3) is 1.00. The van der Waals surface area contributed by atoms with Gasteiger partial charge in [-0.2, -0.15) is 0 Å². The van der Waals surface area contributed by atoms with Crippen molar-refractivity contribution in [1.29, 1.82) is 0 Å². The molecule has 0 atom stereocenters. The lowest BCUT2D eigenvalue weighted by molar-refractivity contribution is -0.812. The summed E-state index contributed by atoms with van der Waals surface area (Å²) in [6.07, 6.45) is 38.1. The first-order chi connectivity index (χ1) is 28.4. The summed E-state index contributed by atoms with van der Waals surface area (Å²) in [5, 5.41) is 51.4. The minimum Gasteiger partial charge on any atom is -0.317 e. The summed E-state index contributed by atoms with van der Waals surface area (Å²) in [5.74, 6) is 0. The van der Waals surface area contributed by atoms with Gasteiger partial charge in [-0.05, 0) is 192 Å². The Morgan fingerprint density at radius 3 is 0.807 bits per heavy atom. The lowest BCUT2D eigenvalue weighted by atomic mass is 10.1. The highest BCUT2D eigenvalue weighted by atomic mass is 17.9. The summed E-state index contributed by atoms with van der Waals surface area (Å²) >= 11 is 0. The maximum Gasteiger partial charge on any atom is 0.0855 e. The van der Waals surface area contributed by atoms with Gasteiger partial charge in [0.15, 0.2) is 0 Å². The first-order valence-electron chi connectivity index (χ1n) is 23.9. The second kappa shape index (κ2) is 55.4. The van der Waals surface area contributed by atoms with E-state index < -0.39 is 0 Å². The van der Waals surface area contributed by atoms with Gasteiger partial charge in [-0.3, -0.25) is 0 Å². The van der Waals surface area contributed by atoms with Crippen molar-refractivity contribution >= 4 is 0 Å². The highest BCUT2D eigenvalue weighted by molar-refractivity contribution is 4.57. The maximum atomic E-state index is 7.76. The summed E-state index contributed by atoms with van der Waals surface area (Å²) in [6.45, 7) is 16.4. The number of nitrogens with one attached hydrogen (secondary N) is 6. The van der Waals surface area contributed by atoms with Crippen LogP contribution in [0.5, 0.6) is 0 Å². The molecule has 0 saturated heterocycles. The van der Waals surface area contributed by atoms with Gasteiger partial charge in [0.1, 0.15) is 0 Å². The van der Waals surface area contributed by atoms with Crippen molar-refractivity contribution in [3.63, 3.8) is 0 Å². The predicted octanol–water partition coefficient (Wildman–Crippen LogP) is 8.94. The highest BCUT2D eigenvalue weighted by Gasteiger charge is 1.99. The zero-order chi connectivity index (χ0) is 40.9. The second-order valence-corrected chi connectivity index (χ2v) is 15.6. The smallest absolute Gasteiger partial charge is 0.0855 e. The van der Waals surface area contributed by atoms with Crippen LogP contribution in [0.3, 0.4) is 0 Å². The van der Waals surface area contributed by atoms with E-state index in [1.807, 2.05) is 0 Å². The second-order valence-electron chi connectivity index (χ2n) is 15.6. The van der Waals surface area contributed by atoms with Crippen LogP contribution in [0.25, 0.3) is 0 Å². The summed E-state index contributed by atoms with van der Waals surface area (Å²) in [6, 6.07) is 0. The van der Waals surface area contributed by atoms with Gasteiger partial charge in [0.05, 0.1) is 6.61 Å². The molecule has 0 aliphatic heterocycles. The molecule has 0 unspecified atom stereocenters. The number of hydrogen-bond acceptors (Lipinski definition) is 14. The standard InChI is InChI=1S/C43H94N6O8/c1-2-3-31-44-38-25-26-40-49-41-28-27-39-47-37-24-18-23-36-46-34-20-15-11-8-6-4-5-7-10-14-19-32-45-33-21-16-12-9-13-17-22-35-48-42-29-30-43-51-53-55-57-56-54-52-50/h44-50H,2-43H2,1H3. The molecule has 57 heavy (non-hydrogen) atoms. The Bertz CT molecular complexity index is 642. The van der Waals surface area contributed by atoms with Gasteiger partial charge in [0.25, 0.3) is 0 Å². The van der Waals surface area contributed by atoms with Crippen molar-refractivity contribution < 1.29 is 40.4 Å². The van der Waals surface area contributed by atoms with E-state index >= 15 is 0 Å². The van der Waals surface area contributed by atoms with E-state index in [2.05, 4.69) is 73.9 Å². The quantitative estimate of drug-likeness (QED) is 0.0177. The maximum absolute atomic E-state index is 7.76. The Balaban J connectivity index is 3.05. The molecule has 14 heteroatoms. The van der Waals surface area contributed by atoms with Gasteiger partial charge in [-0.25, -0.2) is 10.1 Å². The van der Waals surface area contributed by atoms with Crippen LogP contribution in [-0.2, 0) is 35.1 Å². The molecule has 0 radical (unpaired) electrons. The Hall–Kier alpha value is -0.560. The molecule has 0 rings (SSSR count). The summed E-state index contributed by atoms with van der Waals surface area (Å²) in [4.78, 5) is 4.68. The predicted molar refractivity (Wildman–Crippen MR) is 232 cm³/mol. The molecule has 0 aliphatic rings. The van der Waals surface area contributed by atoms with Crippen LogP contribution in [0.15, 0.2) is 0 Å². The number of unbranched alkanes of at least 4 members (excludes halogenated alkanes) is 22. The molecule has 14 nitrogen and oxygen atoms in total. The molecular weight excluding hydrogens is 729 g/mol. The zero-order valence-corrected chi connectivity index (χ0v) is 37.0. The molecule has 0 heterocycles. The molecule has 0 aromatic carbocycles. The van der Waals surface area contributed by atoms with E-state index in [0.29, 0.717) is 6.61 Å². The molecule has 0 saturated carbocycles. The highest BCUT2D eigenvalue weighted by Crippen LogP contribution is 2.11. The van der Waals surface area contributed by atoms with Crippen LogP contribution in [0.2, 0.25) is 0 Å². The van der Waals surface area contributed by atoms with Crippen molar-refractivity contribution in [3.8, 4) is 0 Å². The van der Waals surface area contributed by atoms with Gasteiger partial charge < -0.3 is 31.9 Å². The first kappa shape index (κ1) is 56.4. The van der Waals surface area contributed by atoms with Crippen LogP contribution in [0, 0.1) is 0 Å². The molecule has 0 spiro atoms. The van der Waals surface area contributed by atoms with Crippen molar-refractivity contribution in [2.45, 2.75) is 193 Å². The molecule has 0 aromatic heterocycles. The monoisotopic (exact) mass is 823 g/mol. The van der Waals surface area contributed by atoms with Crippen LogP contribution in [0.1, 0.15) is 193 Å². The average molecular weight is 823 g/mol. The molecule has 0 bridgehead atoms. The van der Waals surface area contributed by atoms with Gasteiger partial charge in [0, 0.05) is 0 Å². The van der Waals surface area contributed by atoms with Crippen molar-refractivity contribution in [2.75, 3.05) is 85.1 Å². The fourth-order valence-corrected chi connectivity index (χ4v) is 6.71. The molecular formula is C43H94N6O8. The van der Waals surface area contributed by atoms with Crippen molar-refractivity contribution in [2.24, 2.45) is 0 Å². The number of hydrogen-bond donors (Lipinski definition) is 7. The zero-order valence-electron chi connectivity index (χ0n) is 37.0. The molecule has 0 amide bonds. The summed E-state index contributed by atoms with van der Waals surface area (Å²) in [7, 11) is 0. The third-order valence-corrected chi connectivity index (χ3v) is 10.3. The Labute approximate surface area is 349 Å². The first-order valence-corrected chi connectivity index (χ1v) is 23.9. The molecule has 0 aliphatic carbocycles.